The topological polar surface area (TPSA) is 51.8 Å². The fourth-order valence-corrected chi connectivity index (χ4v) is 7.37. The molecule has 0 radical (unpaired) electrons. The molecule has 0 aliphatic rings. The number of rotatable bonds is 7. The Morgan fingerprint density at radius 3 is 1.36 bits per heavy atom. The van der Waals surface area contributed by atoms with E-state index in [-0.39, 0.29) is 0 Å². The molecule has 4 nitrogen and oxygen atoms in total. The van der Waals surface area contributed by atoms with Crippen molar-refractivity contribution in [3.63, 3.8) is 0 Å². The Labute approximate surface area is 319 Å². The number of nitrogens with zero attached hydrogens (tertiary/aromatic N) is 3. The first kappa shape index (κ1) is 32.2. The monoisotopic (exact) mass is 703 g/mol. The summed E-state index contributed by atoms with van der Waals surface area (Å²) in [6, 6.07) is 69.3. The smallest absolute Gasteiger partial charge is 0.167 e. The van der Waals surface area contributed by atoms with Crippen molar-refractivity contribution in [2.45, 2.75) is 0 Å². The molecule has 0 saturated carbocycles. The van der Waals surface area contributed by atoms with E-state index in [1.54, 1.807) is 0 Å². The van der Waals surface area contributed by atoms with E-state index < -0.39 is 0 Å². The van der Waals surface area contributed by atoms with Gasteiger partial charge in [-0.15, -0.1) is 0 Å². The second-order valence-corrected chi connectivity index (χ2v) is 13.6. The van der Waals surface area contributed by atoms with E-state index in [0.29, 0.717) is 17.5 Å². The van der Waals surface area contributed by atoms with Crippen LogP contribution >= 0.6 is 0 Å². The van der Waals surface area contributed by atoms with Crippen LogP contribution in [0.15, 0.2) is 205 Å². The molecule has 8 aromatic carbocycles. The Bertz CT molecular complexity index is 2940. The van der Waals surface area contributed by atoms with Gasteiger partial charge in [-0.1, -0.05) is 176 Å². The number of fused-ring (bicyclic) bond motifs is 3. The molecule has 0 N–H and O–H groups in total. The first-order valence-corrected chi connectivity index (χ1v) is 18.4. The average Bonchev–Trinajstić information content (AvgIpc) is 3.66. The lowest BCUT2D eigenvalue weighted by atomic mass is 9.94. The van der Waals surface area contributed by atoms with Gasteiger partial charge in [0.15, 0.2) is 17.5 Å². The minimum Gasteiger partial charge on any atom is -0.455 e. The lowest BCUT2D eigenvalue weighted by Gasteiger charge is -2.10. The summed E-state index contributed by atoms with van der Waals surface area (Å²) in [4.78, 5) is 15.3. The van der Waals surface area contributed by atoms with Gasteiger partial charge in [-0.25, -0.2) is 15.0 Å². The maximum atomic E-state index is 7.00. The van der Waals surface area contributed by atoms with Crippen molar-refractivity contribution in [3.05, 3.63) is 200 Å². The lowest BCUT2D eigenvalue weighted by Crippen LogP contribution is -2.00. The third kappa shape index (κ3) is 6.16. The van der Waals surface area contributed by atoms with Crippen LogP contribution in [0, 0.1) is 0 Å². The minimum atomic E-state index is 0.552. The molecule has 0 spiro atoms. The molecule has 0 fully saturated rings. The van der Waals surface area contributed by atoms with Crippen molar-refractivity contribution in [2.24, 2.45) is 0 Å². The Balaban J connectivity index is 1.17. The van der Waals surface area contributed by atoms with Gasteiger partial charge in [-0.05, 0) is 63.2 Å². The molecular weight excluding hydrogens is 671 g/mol. The zero-order chi connectivity index (χ0) is 36.6. The second-order valence-electron chi connectivity index (χ2n) is 13.6. The van der Waals surface area contributed by atoms with Crippen LogP contribution in [0.5, 0.6) is 0 Å². The largest absolute Gasteiger partial charge is 0.455 e. The van der Waals surface area contributed by atoms with E-state index in [2.05, 4.69) is 152 Å². The second kappa shape index (κ2) is 13.8. The van der Waals surface area contributed by atoms with Crippen molar-refractivity contribution in [1.29, 1.82) is 0 Å². The molecule has 4 heteroatoms. The van der Waals surface area contributed by atoms with Gasteiger partial charge in [0.2, 0.25) is 0 Å². The molecule has 258 valence electrons. The van der Waals surface area contributed by atoms with E-state index in [4.69, 9.17) is 19.4 Å². The molecule has 0 aliphatic heterocycles. The van der Waals surface area contributed by atoms with Crippen LogP contribution in [0.25, 0.3) is 101 Å². The summed E-state index contributed by atoms with van der Waals surface area (Å²) in [6.45, 7) is 0. The highest BCUT2D eigenvalue weighted by Crippen LogP contribution is 2.42. The highest BCUT2D eigenvalue weighted by Gasteiger charge is 2.21. The molecule has 0 aliphatic carbocycles. The van der Waals surface area contributed by atoms with Gasteiger partial charge in [0.05, 0.1) is 5.56 Å². The van der Waals surface area contributed by atoms with Gasteiger partial charge >= 0.3 is 0 Å². The summed E-state index contributed by atoms with van der Waals surface area (Å²) < 4.78 is 7.00. The van der Waals surface area contributed by atoms with Crippen molar-refractivity contribution < 1.29 is 4.42 Å². The molecular formula is C51H33N3O. The average molecular weight is 704 g/mol. The van der Waals surface area contributed by atoms with E-state index >= 15 is 0 Å². The van der Waals surface area contributed by atoms with Crippen LogP contribution in [-0.2, 0) is 0 Å². The Kier molecular flexibility index (Phi) is 8.12. The van der Waals surface area contributed by atoms with E-state index in [1.165, 1.54) is 11.1 Å². The van der Waals surface area contributed by atoms with Gasteiger partial charge < -0.3 is 4.42 Å². The van der Waals surface area contributed by atoms with Crippen LogP contribution in [-0.4, -0.2) is 15.0 Å². The fraction of sp³-hybridized carbons (Fsp3) is 0. The van der Waals surface area contributed by atoms with Crippen LogP contribution in [0.2, 0.25) is 0 Å². The summed E-state index contributed by atoms with van der Waals surface area (Å²) in [5.41, 5.74) is 13.1. The van der Waals surface area contributed by atoms with Crippen LogP contribution in [0.3, 0.4) is 0 Å². The fourth-order valence-electron chi connectivity index (χ4n) is 7.37. The Morgan fingerprint density at radius 1 is 0.255 bits per heavy atom. The maximum absolute atomic E-state index is 7.00. The first-order chi connectivity index (χ1) is 27.2. The van der Waals surface area contributed by atoms with E-state index in [0.717, 1.165) is 72.0 Å². The number of furan rings is 1. The van der Waals surface area contributed by atoms with Gasteiger partial charge in [-0.2, -0.15) is 0 Å². The van der Waals surface area contributed by atoms with Crippen molar-refractivity contribution >= 4 is 21.9 Å². The molecule has 10 rings (SSSR count). The predicted octanol–water partition coefficient (Wildman–Crippen LogP) is 13.4. The van der Waals surface area contributed by atoms with Crippen molar-refractivity contribution in [2.75, 3.05) is 0 Å². The maximum Gasteiger partial charge on any atom is 0.167 e. The minimum absolute atomic E-state index is 0.552. The van der Waals surface area contributed by atoms with Crippen LogP contribution in [0.1, 0.15) is 0 Å². The van der Waals surface area contributed by atoms with Crippen molar-refractivity contribution in [3.8, 4) is 78.7 Å². The lowest BCUT2D eigenvalue weighted by molar-refractivity contribution is 0.670. The summed E-state index contributed by atoms with van der Waals surface area (Å²) >= 11 is 0. The predicted molar refractivity (Wildman–Crippen MR) is 225 cm³/mol. The van der Waals surface area contributed by atoms with Crippen LogP contribution < -0.4 is 0 Å². The van der Waals surface area contributed by atoms with E-state index in [1.807, 2.05) is 48.5 Å². The summed E-state index contributed by atoms with van der Waals surface area (Å²) in [6.07, 6.45) is 0. The molecule has 0 atom stereocenters. The van der Waals surface area contributed by atoms with Crippen LogP contribution in [0.4, 0.5) is 0 Å². The normalized spacial score (nSPS) is 11.3. The first-order valence-electron chi connectivity index (χ1n) is 18.4. The zero-order valence-corrected chi connectivity index (χ0v) is 29.8. The number of benzene rings is 8. The number of para-hydroxylation sites is 1. The number of hydrogen-bond donors (Lipinski definition) is 0. The molecule has 0 bridgehead atoms. The SMILES string of the molecule is c1ccc(-c2ccc(-c3cc(-c4ccccc4)cc4c3oc3c(-c5nc(-c6ccccc6)nc(-c6cccc(-c7ccccc7)c6)n5)cccc34)cc2)cc1. The molecule has 55 heavy (non-hydrogen) atoms. The Morgan fingerprint density at radius 2 is 0.709 bits per heavy atom. The number of aromatic nitrogens is 3. The van der Waals surface area contributed by atoms with Crippen molar-refractivity contribution in [1.82, 2.24) is 15.0 Å². The van der Waals surface area contributed by atoms with Gasteiger partial charge in [0.1, 0.15) is 11.2 Å². The molecule has 2 heterocycles. The van der Waals surface area contributed by atoms with Gasteiger partial charge in [0, 0.05) is 27.5 Å². The summed E-state index contributed by atoms with van der Waals surface area (Å²) in [7, 11) is 0. The van der Waals surface area contributed by atoms with Gasteiger partial charge in [-0.3, -0.25) is 0 Å². The molecule has 0 unspecified atom stereocenters. The highest BCUT2D eigenvalue weighted by atomic mass is 16.3. The summed E-state index contributed by atoms with van der Waals surface area (Å²) in [5, 5.41) is 2.04. The summed E-state index contributed by atoms with van der Waals surface area (Å²) in [5.74, 6) is 1.75. The molecule has 10 aromatic rings. The zero-order valence-electron chi connectivity index (χ0n) is 29.8. The third-order valence-electron chi connectivity index (χ3n) is 10.1. The quantitative estimate of drug-likeness (QED) is 0.166. The van der Waals surface area contributed by atoms with Gasteiger partial charge in [0.25, 0.3) is 0 Å². The molecule has 0 saturated heterocycles. The number of hydrogen-bond acceptors (Lipinski definition) is 4. The molecule has 0 amide bonds. The third-order valence-corrected chi connectivity index (χ3v) is 10.1. The highest BCUT2D eigenvalue weighted by molar-refractivity contribution is 6.14. The standard InChI is InChI=1S/C51H33N3O/c1-5-15-34(16-6-1)37-27-29-38(30-28-37)45-32-42(36-19-9-3-10-20-36)33-46-43-25-14-26-44(47(43)55-48(45)46)51-53-49(39-21-11-4-12-22-39)52-50(54-51)41-24-13-23-40(31-41)35-17-7-2-8-18-35/h1-33H. The Hall–Kier alpha value is -7.43. The van der Waals surface area contributed by atoms with E-state index in [9.17, 15) is 0 Å². The molecule has 2 aromatic heterocycles.